The van der Waals surface area contributed by atoms with Crippen LogP contribution in [-0.2, 0) is 10.0 Å². The van der Waals surface area contributed by atoms with Gasteiger partial charge in [0.1, 0.15) is 12.4 Å². The molecule has 2 rings (SSSR count). The number of aliphatic hydroxyl groups is 1. The van der Waals surface area contributed by atoms with Crippen molar-refractivity contribution in [2.75, 3.05) is 31.2 Å². The molecule has 1 aromatic carbocycles. The smallest absolute Gasteiger partial charge is 0.217 e. The fourth-order valence-electron chi connectivity index (χ4n) is 2.27. The third-order valence-electron chi connectivity index (χ3n) is 3.74. The van der Waals surface area contributed by atoms with E-state index in [4.69, 9.17) is 10.5 Å². The molecule has 3 N–H and O–H groups in total. The first kappa shape index (κ1) is 16.1. The van der Waals surface area contributed by atoms with E-state index in [1.807, 2.05) is 6.92 Å². The number of ether oxygens (including phenoxy) is 1. The summed E-state index contributed by atoms with van der Waals surface area (Å²) in [5.41, 5.74) is 6.20. The Morgan fingerprint density at radius 1 is 1.48 bits per heavy atom. The third-order valence-corrected chi connectivity index (χ3v) is 5.54. The summed E-state index contributed by atoms with van der Waals surface area (Å²) in [7, 11) is -3.40. The first-order valence-corrected chi connectivity index (χ1v) is 8.63. The van der Waals surface area contributed by atoms with E-state index in [0.29, 0.717) is 24.4 Å². The summed E-state index contributed by atoms with van der Waals surface area (Å²) in [4.78, 5) is 0. The molecular weight excluding hydrogens is 292 g/mol. The molecule has 7 heteroatoms. The number of nitrogens with zero attached hydrogens (tertiary/aromatic N) is 1. The Bertz CT molecular complexity index is 576. The Morgan fingerprint density at radius 3 is 2.90 bits per heavy atom. The number of β-amino-alcohol motifs (C(OH)–C–C–N with tert-alkyl or cyclic N) is 1. The van der Waals surface area contributed by atoms with Gasteiger partial charge < -0.3 is 15.6 Å². The maximum atomic E-state index is 12.2. The van der Waals surface area contributed by atoms with Crippen LogP contribution >= 0.6 is 0 Å². The lowest BCUT2D eigenvalue weighted by Gasteiger charge is -2.33. The van der Waals surface area contributed by atoms with Gasteiger partial charge in [0.2, 0.25) is 10.0 Å². The van der Waals surface area contributed by atoms with Crippen LogP contribution in [0, 0.1) is 5.92 Å². The normalized spacial score (nSPS) is 23.9. The highest BCUT2D eigenvalue weighted by atomic mass is 32.2. The lowest BCUT2D eigenvalue weighted by Crippen LogP contribution is -2.47. The van der Waals surface area contributed by atoms with Crippen LogP contribution in [0.5, 0.6) is 5.75 Å². The number of nitrogens with two attached hydrogens (primary N) is 1. The van der Waals surface area contributed by atoms with Crippen LogP contribution in [-0.4, -0.2) is 49.4 Å². The van der Waals surface area contributed by atoms with Gasteiger partial charge in [-0.25, -0.2) is 8.42 Å². The molecule has 0 amide bonds. The van der Waals surface area contributed by atoms with Crippen LogP contribution in [0.1, 0.15) is 13.3 Å². The van der Waals surface area contributed by atoms with Gasteiger partial charge in [-0.15, -0.1) is 0 Å². The maximum Gasteiger partial charge on any atom is 0.217 e. The molecule has 0 aromatic heterocycles. The van der Waals surface area contributed by atoms with Gasteiger partial charge in [0.15, 0.2) is 0 Å². The Morgan fingerprint density at radius 2 is 2.24 bits per heavy atom. The molecule has 0 aliphatic carbocycles. The van der Waals surface area contributed by atoms with Crippen molar-refractivity contribution in [2.24, 2.45) is 5.92 Å². The number of aliphatic hydroxyl groups excluding tert-OH is 1. The first-order chi connectivity index (χ1) is 9.88. The fraction of sp³-hybridized carbons (Fsp3) is 0.571. The van der Waals surface area contributed by atoms with E-state index >= 15 is 0 Å². The van der Waals surface area contributed by atoms with Crippen molar-refractivity contribution in [1.82, 2.24) is 4.31 Å². The molecule has 21 heavy (non-hydrogen) atoms. The molecule has 1 saturated heterocycles. The molecule has 118 valence electrons. The number of benzene rings is 1. The van der Waals surface area contributed by atoms with E-state index in [0.717, 1.165) is 0 Å². The quantitative estimate of drug-likeness (QED) is 0.780. The predicted molar refractivity (Wildman–Crippen MR) is 81.5 cm³/mol. The Balaban J connectivity index is 1.87. The summed E-state index contributed by atoms with van der Waals surface area (Å²) >= 11 is 0. The number of sulfonamides is 1. The monoisotopic (exact) mass is 314 g/mol. The SMILES string of the molecule is CC1CCN(S(=O)(=O)CCOc2cccc(N)c2)CC1O. The van der Waals surface area contributed by atoms with E-state index in [1.165, 1.54) is 4.31 Å². The highest BCUT2D eigenvalue weighted by molar-refractivity contribution is 7.89. The van der Waals surface area contributed by atoms with Gasteiger partial charge in [0.25, 0.3) is 0 Å². The van der Waals surface area contributed by atoms with Crippen LogP contribution in [0.2, 0.25) is 0 Å². The van der Waals surface area contributed by atoms with Gasteiger partial charge in [0.05, 0.1) is 11.9 Å². The molecule has 1 fully saturated rings. The van der Waals surface area contributed by atoms with Crippen LogP contribution in [0.15, 0.2) is 24.3 Å². The summed E-state index contributed by atoms with van der Waals surface area (Å²) < 4.78 is 31.2. The van der Waals surface area contributed by atoms with Crippen molar-refractivity contribution in [3.63, 3.8) is 0 Å². The second-order valence-corrected chi connectivity index (χ2v) is 7.52. The summed E-state index contributed by atoms with van der Waals surface area (Å²) in [5.74, 6) is 0.584. The lowest BCUT2D eigenvalue weighted by molar-refractivity contribution is 0.0604. The van der Waals surface area contributed by atoms with Crippen molar-refractivity contribution in [3.8, 4) is 5.75 Å². The Kier molecular flexibility index (Phi) is 5.08. The first-order valence-electron chi connectivity index (χ1n) is 7.03. The van der Waals surface area contributed by atoms with E-state index in [9.17, 15) is 13.5 Å². The Labute approximate surface area is 125 Å². The molecule has 0 spiro atoms. The molecule has 1 aromatic rings. The minimum absolute atomic E-state index is 0.0634. The number of rotatable bonds is 5. The summed E-state index contributed by atoms with van der Waals surface area (Å²) in [6.07, 6.45) is 0.0829. The molecule has 1 aliphatic rings. The van der Waals surface area contributed by atoms with Crippen molar-refractivity contribution >= 4 is 15.7 Å². The number of anilines is 1. The van der Waals surface area contributed by atoms with Crippen molar-refractivity contribution < 1.29 is 18.3 Å². The average molecular weight is 314 g/mol. The molecule has 1 heterocycles. The van der Waals surface area contributed by atoms with Crippen molar-refractivity contribution in [1.29, 1.82) is 0 Å². The molecule has 2 atom stereocenters. The third kappa shape index (κ3) is 4.33. The molecule has 0 radical (unpaired) electrons. The fourth-order valence-corrected chi connectivity index (χ4v) is 3.59. The minimum Gasteiger partial charge on any atom is -0.492 e. The van der Waals surface area contributed by atoms with Crippen molar-refractivity contribution in [2.45, 2.75) is 19.4 Å². The van der Waals surface area contributed by atoms with E-state index < -0.39 is 16.1 Å². The summed E-state index contributed by atoms with van der Waals surface area (Å²) in [5, 5.41) is 9.79. The second kappa shape index (κ2) is 6.64. The average Bonchev–Trinajstić information content (AvgIpc) is 2.41. The zero-order valence-electron chi connectivity index (χ0n) is 12.1. The molecule has 1 aliphatic heterocycles. The molecule has 2 unspecified atom stereocenters. The largest absolute Gasteiger partial charge is 0.492 e. The zero-order chi connectivity index (χ0) is 15.5. The maximum absolute atomic E-state index is 12.2. The van der Waals surface area contributed by atoms with E-state index in [-0.39, 0.29) is 24.8 Å². The second-order valence-electron chi connectivity index (χ2n) is 5.43. The van der Waals surface area contributed by atoms with Crippen LogP contribution in [0.25, 0.3) is 0 Å². The molecule has 0 saturated carbocycles. The zero-order valence-corrected chi connectivity index (χ0v) is 12.9. The van der Waals surface area contributed by atoms with E-state index in [1.54, 1.807) is 24.3 Å². The molecule has 0 bridgehead atoms. The van der Waals surface area contributed by atoms with Crippen LogP contribution in [0.4, 0.5) is 5.69 Å². The number of hydrogen-bond donors (Lipinski definition) is 2. The van der Waals surface area contributed by atoms with Gasteiger partial charge in [-0.1, -0.05) is 13.0 Å². The predicted octanol–water partition coefficient (Wildman–Crippen LogP) is 0.680. The molecule has 6 nitrogen and oxygen atoms in total. The van der Waals surface area contributed by atoms with Gasteiger partial charge >= 0.3 is 0 Å². The standard InChI is InChI=1S/C14H22N2O4S/c1-11-5-6-16(10-14(11)17)21(18,19)8-7-20-13-4-2-3-12(15)9-13/h2-4,9,11,14,17H,5-8,10,15H2,1H3. The topological polar surface area (TPSA) is 92.9 Å². The van der Waals surface area contributed by atoms with E-state index in [2.05, 4.69) is 0 Å². The van der Waals surface area contributed by atoms with Gasteiger partial charge in [-0.05, 0) is 24.5 Å². The number of hydrogen-bond acceptors (Lipinski definition) is 5. The highest BCUT2D eigenvalue weighted by Crippen LogP contribution is 2.20. The highest BCUT2D eigenvalue weighted by Gasteiger charge is 2.31. The van der Waals surface area contributed by atoms with Gasteiger partial charge in [-0.2, -0.15) is 4.31 Å². The van der Waals surface area contributed by atoms with Gasteiger partial charge in [-0.3, -0.25) is 0 Å². The summed E-state index contributed by atoms with van der Waals surface area (Å²) in [6, 6.07) is 6.87. The van der Waals surface area contributed by atoms with Crippen LogP contribution in [0.3, 0.4) is 0 Å². The minimum atomic E-state index is -3.40. The molecular formula is C14H22N2O4S. The number of nitrogen functional groups attached to an aromatic ring is 1. The lowest BCUT2D eigenvalue weighted by atomic mass is 9.98. The van der Waals surface area contributed by atoms with Crippen molar-refractivity contribution in [3.05, 3.63) is 24.3 Å². The Hall–Kier alpha value is -1.31. The van der Waals surface area contributed by atoms with Gasteiger partial charge in [0, 0.05) is 24.8 Å². The summed E-state index contributed by atoms with van der Waals surface area (Å²) in [6.45, 7) is 2.62. The van der Waals surface area contributed by atoms with Crippen LogP contribution < -0.4 is 10.5 Å². The number of piperidine rings is 1.